The zero-order valence-electron chi connectivity index (χ0n) is 8.58. The number of halogens is 1. The van der Waals surface area contributed by atoms with E-state index in [0.717, 1.165) is 26.7 Å². The lowest BCUT2D eigenvalue weighted by molar-refractivity contribution is 0.358. The van der Waals surface area contributed by atoms with Crippen molar-refractivity contribution in [2.24, 2.45) is 0 Å². The van der Waals surface area contributed by atoms with Gasteiger partial charge >= 0.3 is 0 Å². The van der Waals surface area contributed by atoms with Crippen molar-refractivity contribution in [1.82, 2.24) is 0 Å². The van der Waals surface area contributed by atoms with Crippen LogP contribution in [0.25, 0.3) is 10.8 Å². The van der Waals surface area contributed by atoms with Gasteiger partial charge < -0.3 is 9.47 Å². The van der Waals surface area contributed by atoms with E-state index >= 15 is 0 Å². The average Bonchev–Trinajstić information content (AvgIpc) is 2.29. The topological polar surface area (TPSA) is 18.5 Å². The van der Waals surface area contributed by atoms with Gasteiger partial charge in [0.15, 0.2) is 11.5 Å². The molecular formula is C12H11BrO2. The van der Waals surface area contributed by atoms with Gasteiger partial charge in [-0.05, 0) is 11.5 Å². The summed E-state index contributed by atoms with van der Waals surface area (Å²) < 4.78 is 11.6. The SMILES string of the molecule is COc1cc(Br)c2ccccc2c1OC. The quantitative estimate of drug-likeness (QED) is 0.827. The molecule has 0 aliphatic heterocycles. The van der Waals surface area contributed by atoms with Gasteiger partial charge in [0.25, 0.3) is 0 Å². The minimum absolute atomic E-state index is 0.739. The third kappa shape index (κ3) is 1.67. The highest BCUT2D eigenvalue weighted by molar-refractivity contribution is 9.10. The lowest BCUT2D eigenvalue weighted by Crippen LogP contribution is -1.92. The number of fused-ring (bicyclic) bond motifs is 1. The van der Waals surface area contributed by atoms with Gasteiger partial charge in [0.2, 0.25) is 0 Å². The van der Waals surface area contributed by atoms with Crippen molar-refractivity contribution in [3.63, 3.8) is 0 Å². The molecule has 15 heavy (non-hydrogen) atoms. The fourth-order valence-corrected chi connectivity index (χ4v) is 2.20. The fourth-order valence-electron chi connectivity index (χ4n) is 1.64. The Morgan fingerprint density at radius 2 is 1.67 bits per heavy atom. The summed E-state index contributed by atoms with van der Waals surface area (Å²) in [6, 6.07) is 9.96. The normalized spacial score (nSPS) is 10.3. The van der Waals surface area contributed by atoms with E-state index in [0.29, 0.717) is 0 Å². The molecule has 0 saturated heterocycles. The Bertz CT molecular complexity index is 494. The van der Waals surface area contributed by atoms with Gasteiger partial charge in [-0.25, -0.2) is 0 Å². The van der Waals surface area contributed by atoms with Crippen molar-refractivity contribution in [2.45, 2.75) is 0 Å². The molecule has 0 N–H and O–H groups in total. The fraction of sp³-hybridized carbons (Fsp3) is 0.167. The van der Waals surface area contributed by atoms with Crippen molar-refractivity contribution < 1.29 is 9.47 Å². The van der Waals surface area contributed by atoms with Crippen LogP contribution in [0.5, 0.6) is 11.5 Å². The summed E-state index contributed by atoms with van der Waals surface area (Å²) in [5, 5.41) is 2.17. The van der Waals surface area contributed by atoms with Crippen molar-refractivity contribution in [2.75, 3.05) is 14.2 Å². The number of ether oxygens (including phenoxy) is 2. The summed E-state index contributed by atoms with van der Waals surface area (Å²) in [5.74, 6) is 1.51. The van der Waals surface area contributed by atoms with Crippen molar-refractivity contribution >= 4 is 26.7 Å². The van der Waals surface area contributed by atoms with Crippen LogP contribution in [0.1, 0.15) is 0 Å². The highest BCUT2D eigenvalue weighted by Crippen LogP contribution is 2.39. The van der Waals surface area contributed by atoms with Gasteiger partial charge in [-0.2, -0.15) is 0 Å². The van der Waals surface area contributed by atoms with E-state index in [1.165, 1.54) is 0 Å². The minimum atomic E-state index is 0.739. The molecule has 0 atom stereocenters. The van der Waals surface area contributed by atoms with Crippen LogP contribution in [0.15, 0.2) is 34.8 Å². The molecule has 0 aromatic heterocycles. The monoisotopic (exact) mass is 266 g/mol. The van der Waals surface area contributed by atoms with E-state index in [2.05, 4.69) is 15.9 Å². The number of hydrogen-bond acceptors (Lipinski definition) is 2. The maximum Gasteiger partial charge on any atom is 0.168 e. The number of rotatable bonds is 2. The molecule has 0 heterocycles. The molecule has 0 spiro atoms. The van der Waals surface area contributed by atoms with Crippen molar-refractivity contribution in [1.29, 1.82) is 0 Å². The number of benzene rings is 2. The van der Waals surface area contributed by atoms with Gasteiger partial charge in [0, 0.05) is 9.86 Å². The molecule has 2 aromatic rings. The van der Waals surface area contributed by atoms with Crippen LogP contribution in [0.4, 0.5) is 0 Å². The van der Waals surface area contributed by atoms with Gasteiger partial charge in [0.05, 0.1) is 14.2 Å². The molecule has 3 heteroatoms. The Kier molecular flexibility index (Phi) is 2.82. The van der Waals surface area contributed by atoms with Crippen LogP contribution in [0.2, 0.25) is 0 Å². The van der Waals surface area contributed by atoms with Crippen LogP contribution < -0.4 is 9.47 Å². The molecule has 0 amide bonds. The third-order valence-corrected chi connectivity index (χ3v) is 2.99. The van der Waals surface area contributed by atoms with Gasteiger partial charge in [-0.15, -0.1) is 0 Å². The molecule has 0 unspecified atom stereocenters. The van der Waals surface area contributed by atoms with Gasteiger partial charge in [0.1, 0.15) is 0 Å². The predicted molar refractivity (Wildman–Crippen MR) is 64.8 cm³/mol. The first-order valence-corrected chi connectivity index (χ1v) is 5.36. The first-order chi connectivity index (χ1) is 7.27. The zero-order chi connectivity index (χ0) is 10.8. The summed E-state index contributed by atoms with van der Waals surface area (Å²) in [5.41, 5.74) is 0. The van der Waals surface area contributed by atoms with E-state index in [-0.39, 0.29) is 0 Å². The smallest absolute Gasteiger partial charge is 0.168 e. The molecule has 0 aliphatic rings. The van der Waals surface area contributed by atoms with E-state index in [1.807, 2.05) is 30.3 Å². The second kappa shape index (κ2) is 4.11. The average molecular weight is 267 g/mol. The van der Waals surface area contributed by atoms with Crippen LogP contribution in [0.3, 0.4) is 0 Å². The summed E-state index contributed by atoms with van der Waals surface area (Å²) in [7, 11) is 3.29. The first kappa shape index (κ1) is 10.3. The molecule has 78 valence electrons. The Morgan fingerprint density at radius 3 is 2.27 bits per heavy atom. The standard InChI is InChI=1S/C12H11BrO2/c1-14-11-7-10(13)8-5-3-4-6-9(8)12(11)15-2/h3-7H,1-2H3. The molecule has 0 fully saturated rings. The Hall–Kier alpha value is -1.22. The van der Waals surface area contributed by atoms with Crippen molar-refractivity contribution in [3.8, 4) is 11.5 Å². The minimum Gasteiger partial charge on any atom is -0.493 e. The zero-order valence-corrected chi connectivity index (χ0v) is 10.2. The Morgan fingerprint density at radius 1 is 1.00 bits per heavy atom. The number of methoxy groups -OCH3 is 2. The highest BCUT2D eigenvalue weighted by atomic mass is 79.9. The first-order valence-electron chi connectivity index (χ1n) is 4.57. The number of hydrogen-bond donors (Lipinski definition) is 0. The summed E-state index contributed by atoms with van der Waals surface area (Å²) in [6.07, 6.45) is 0. The van der Waals surface area contributed by atoms with Crippen LogP contribution in [0, 0.1) is 0 Å². The second-order valence-corrected chi connectivity index (χ2v) is 3.99. The lowest BCUT2D eigenvalue weighted by atomic mass is 10.1. The Labute approximate surface area is 96.9 Å². The third-order valence-electron chi connectivity index (χ3n) is 2.33. The van der Waals surface area contributed by atoms with E-state index in [4.69, 9.17) is 9.47 Å². The molecule has 2 aromatic carbocycles. The predicted octanol–water partition coefficient (Wildman–Crippen LogP) is 3.62. The van der Waals surface area contributed by atoms with Crippen LogP contribution in [-0.4, -0.2) is 14.2 Å². The molecule has 0 radical (unpaired) electrons. The summed E-state index contributed by atoms with van der Waals surface area (Å²) in [6.45, 7) is 0. The maximum absolute atomic E-state index is 5.36. The Balaban J connectivity index is 2.85. The molecule has 0 aliphatic carbocycles. The molecule has 2 nitrogen and oxygen atoms in total. The summed E-state index contributed by atoms with van der Waals surface area (Å²) >= 11 is 3.52. The molecule has 2 rings (SSSR count). The van der Waals surface area contributed by atoms with E-state index in [9.17, 15) is 0 Å². The molecule has 0 bridgehead atoms. The van der Waals surface area contributed by atoms with E-state index in [1.54, 1.807) is 14.2 Å². The van der Waals surface area contributed by atoms with E-state index < -0.39 is 0 Å². The van der Waals surface area contributed by atoms with Gasteiger partial charge in [-0.1, -0.05) is 40.2 Å². The highest BCUT2D eigenvalue weighted by Gasteiger charge is 2.11. The summed E-state index contributed by atoms with van der Waals surface area (Å²) in [4.78, 5) is 0. The van der Waals surface area contributed by atoms with Crippen molar-refractivity contribution in [3.05, 3.63) is 34.8 Å². The molecule has 0 saturated carbocycles. The van der Waals surface area contributed by atoms with Crippen LogP contribution >= 0.6 is 15.9 Å². The largest absolute Gasteiger partial charge is 0.493 e. The van der Waals surface area contributed by atoms with Crippen LogP contribution in [-0.2, 0) is 0 Å². The lowest BCUT2D eigenvalue weighted by Gasteiger charge is -2.11. The maximum atomic E-state index is 5.36. The second-order valence-electron chi connectivity index (χ2n) is 3.14. The van der Waals surface area contributed by atoms with Gasteiger partial charge in [-0.3, -0.25) is 0 Å². The molecular weight excluding hydrogens is 256 g/mol.